The molecule has 0 saturated carbocycles. The van der Waals surface area contributed by atoms with Gasteiger partial charge in [0.2, 0.25) is 0 Å². The van der Waals surface area contributed by atoms with Gasteiger partial charge in [0, 0.05) is 0 Å². The van der Waals surface area contributed by atoms with E-state index in [-0.39, 0.29) is 13.2 Å². The lowest BCUT2D eigenvalue weighted by molar-refractivity contribution is 0.0533. The molecule has 0 aromatic heterocycles. The zero-order valence-corrected chi connectivity index (χ0v) is 9.55. The van der Waals surface area contributed by atoms with Crippen LogP contribution in [-0.2, 0) is 0 Å². The molecule has 1 aromatic rings. The molecule has 3 N–H and O–H groups in total. The van der Waals surface area contributed by atoms with Crippen molar-refractivity contribution in [2.75, 3.05) is 13.2 Å². The first-order valence-corrected chi connectivity index (χ1v) is 5.25. The Bertz CT molecular complexity index is 336. The summed E-state index contributed by atoms with van der Waals surface area (Å²) >= 11 is 0. The van der Waals surface area contributed by atoms with Gasteiger partial charge in [-0.2, -0.15) is 0 Å². The molecule has 0 amide bonds. The molecule has 1 aromatic carbocycles. The lowest BCUT2D eigenvalue weighted by Crippen LogP contribution is -2.21. The maximum Gasteiger partial charge on any atom is 0.122 e. The highest BCUT2D eigenvalue weighted by Crippen LogP contribution is 2.22. The van der Waals surface area contributed by atoms with Crippen LogP contribution < -0.4 is 4.74 Å². The number of hydrogen-bond donors (Lipinski definition) is 3. The van der Waals surface area contributed by atoms with E-state index in [0.29, 0.717) is 5.75 Å². The van der Waals surface area contributed by atoms with Gasteiger partial charge in [0.25, 0.3) is 0 Å². The molecule has 0 heterocycles. The Kier molecular flexibility index (Phi) is 4.73. The normalized spacial score (nSPS) is 14.6. The smallest absolute Gasteiger partial charge is 0.122 e. The minimum atomic E-state index is -0.865. The number of benzene rings is 1. The second kappa shape index (κ2) is 5.84. The number of aryl methyl sites for hydroxylation is 1. The average Bonchev–Trinajstić information content (AvgIpc) is 2.26. The fourth-order valence-corrected chi connectivity index (χ4v) is 1.33. The van der Waals surface area contributed by atoms with Crippen molar-refractivity contribution in [1.82, 2.24) is 0 Å². The van der Waals surface area contributed by atoms with Crippen molar-refractivity contribution in [2.45, 2.75) is 26.1 Å². The molecule has 16 heavy (non-hydrogen) atoms. The highest BCUT2D eigenvalue weighted by atomic mass is 16.5. The first-order chi connectivity index (χ1) is 7.54. The second-order valence-electron chi connectivity index (χ2n) is 3.85. The number of rotatable bonds is 5. The third-order valence-electron chi connectivity index (χ3n) is 2.32. The molecule has 0 radical (unpaired) electrons. The van der Waals surface area contributed by atoms with E-state index in [1.54, 1.807) is 19.1 Å². The highest BCUT2D eigenvalue weighted by molar-refractivity contribution is 5.36. The maximum absolute atomic E-state index is 9.38. The summed E-state index contributed by atoms with van der Waals surface area (Å²) in [6.45, 7) is 3.31. The fraction of sp³-hybridized carbons (Fsp3) is 0.500. The van der Waals surface area contributed by atoms with E-state index < -0.39 is 12.2 Å². The van der Waals surface area contributed by atoms with Crippen LogP contribution in [0.4, 0.5) is 0 Å². The molecule has 2 atom stereocenters. The van der Waals surface area contributed by atoms with E-state index in [9.17, 15) is 5.11 Å². The summed E-state index contributed by atoms with van der Waals surface area (Å²) in [5, 5.41) is 27.2. The molecule has 0 aliphatic carbocycles. The Morgan fingerprint density at radius 3 is 2.50 bits per heavy atom. The molecule has 4 nitrogen and oxygen atoms in total. The minimum Gasteiger partial charge on any atom is -0.491 e. The molecular formula is C12H18O4. The molecule has 0 saturated heterocycles. The predicted molar refractivity (Wildman–Crippen MR) is 60.4 cm³/mol. The van der Waals surface area contributed by atoms with Crippen molar-refractivity contribution < 1.29 is 20.1 Å². The lowest BCUT2D eigenvalue weighted by atomic mass is 10.1. The van der Waals surface area contributed by atoms with E-state index in [0.717, 1.165) is 11.1 Å². The third-order valence-corrected chi connectivity index (χ3v) is 2.32. The van der Waals surface area contributed by atoms with Crippen LogP contribution >= 0.6 is 0 Å². The number of ether oxygens (including phenoxy) is 1. The SMILES string of the molecule is Cc1cc(C(C)O)ccc1OCC(O)CO. The number of hydrogen-bond acceptors (Lipinski definition) is 4. The van der Waals surface area contributed by atoms with E-state index in [2.05, 4.69) is 0 Å². The summed E-state index contributed by atoms with van der Waals surface area (Å²) in [6, 6.07) is 5.37. The Morgan fingerprint density at radius 2 is 2.00 bits per heavy atom. The van der Waals surface area contributed by atoms with Crippen molar-refractivity contribution >= 4 is 0 Å². The van der Waals surface area contributed by atoms with E-state index in [1.165, 1.54) is 0 Å². The monoisotopic (exact) mass is 226 g/mol. The minimum absolute atomic E-state index is 0.0609. The van der Waals surface area contributed by atoms with Crippen LogP contribution in [0.15, 0.2) is 18.2 Å². The van der Waals surface area contributed by atoms with Crippen LogP contribution in [0.1, 0.15) is 24.2 Å². The Morgan fingerprint density at radius 1 is 1.31 bits per heavy atom. The van der Waals surface area contributed by atoms with Crippen molar-refractivity contribution in [3.05, 3.63) is 29.3 Å². The zero-order valence-electron chi connectivity index (χ0n) is 9.55. The largest absolute Gasteiger partial charge is 0.491 e. The molecule has 0 bridgehead atoms. The Balaban J connectivity index is 2.68. The molecule has 4 heteroatoms. The van der Waals surface area contributed by atoms with Crippen LogP contribution in [0.5, 0.6) is 5.75 Å². The predicted octanol–water partition coefficient (Wildman–Crippen LogP) is 0.780. The summed E-state index contributed by atoms with van der Waals surface area (Å²) in [5.74, 6) is 0.650. The summed E-state index contributed by atoms with van der Waals surface area (Å²) in [7, 11) is 0. The highest BCUT2D eigenvalue weighted by Gasteiger charge is 2.07. The summed E-state index contributed by atoms with van der Waals surface area (Å²) in [4.78, 5) is 0. The van der Waals surface area contributed by atoms with Gasteiger partial charge in [-0.1, -0.05) is 6.07 Å². The number of aliphatic hydroxyl groups is 3. The maximum atomic E-state index is 9.38. The Labute approximate surface area is 95.1 Å². The fourth-order valence-electron chi connectivity index (χ4n) is 1.33. The molecule has 0 aliphatic heterocycles. The topological polar surface area (TPSA) is 69.9 Å². The molecule has 2 unspecified atom stereocenters. The van der Waals surface area contributed by atoms with Gasteiger partial charge in [-0.05, 0) is 37.1 Å². The van der Waals surface area contributed by atoms with Gasteiger partial charge in [0.1, 0.15) is 18.5 Å². The van der Waals surface area contributed by atoms with Crippen molar-refractivity contribution in [1.29, 1.82) is 0 Å². The van der Waals surface area contributed by atoms with Gasteiger partial charge in [-0.15, -0.1) is 0 Å². The van der Waals surface area contributed by atoms with Gasteiger partial charge in [-0.3, -0.25) is 0 Å². The van der Waals surface area contributed by atoms with Gasteiger partial charge >= 0.3 is 0 Å². The number of aliphatic hydroxyl groups excluding tert-OH is 3. The summed E-state index contributed by atoms with van der Waals surface area (Å²) < 4.78 is 5.33. The average molecular weight is 226 g/mol. The first-order valence-electron chi connectivity index (χ1n) is 5.25. The van der Waals surface area contributed by atoms with Gasteiger partial charge < -0.3 is 20.1 Å². The van der Waals surface area contributed by atoms with E-state index >= 15 is 0 Å². The van der Waals surface area contributed by atoms with Gasteiger partial charge in [-0.25, -0.2) is 0 Å². The first kappa shape index (κ1) is 13.0. The van der Waals surface area contributed by atoms with Gasteiger partial charge in [0.05, 0.1) is 12.7 Å². The van der Waals surface area contributed by atoms with E-state index in [1.807, 2.05) is 13.0 Å². The van der Waals surface area contributed by atoms with Gasteiger partial charge in [0.15, 0.2) is 0 Å². The van der Waals surface area contributed by atoms with Crippen LogP contribution in [-0.4, -0.2) is 34.6 Å². The van der Waals surface area contributed by atoms with Crippen LogP contribution in [0.2, 0.25) is 0 Å². The van der Waals surface area contributed by atoms with Crippen molar-refractivity contribution in [3.8, 4) is 5.75 Å². The van der Waals surface area contributed by atoms with Crippen LogP contribution in [0, 0.1) is 6.92 Å². The Hall–Kier alpha value is -1.10. The second-order valence-corrected chi connectivity index (χ2v) is 3.85. The standard InChI is InChI=1S/C12H18O4/c1-8-5-10(9(2)14)3-4-12(8)16-7-11(15)6-13/h3-5,9,11,13-15H,6-7H2,1-2H3. The quantitative estimate of drug-likeness (QED) is 0.694. The molecule has 1 rings (SSSR count). The molecule has 0 aliphatic rings. The molecular weight excluding hydrogens is 208 g/mol. The van der Waals surface area contributed by atoms with Crippen LogP contribution in [0.3, 0.4) is 0 Å². The van der Waals surface area contributed by atoms with Crippen molar-refractivity contribution in [3.63, 3.8) is 0 Å². The summed E-state index contributed by atoms with van der Waals surface area (Å²) in [6.07, 6.45) is -1.37. The zero-order chi connectivity index (χ0) is 12.1. The molecule has 0 fully saturated rings. The van der Waals surface area contributed by atoms with Crippen molar-refractivity contribution in [2.24, 2.45) is 0 Å². The van der Waals surface area contributed by atoms with Crippen LogP contribution in [0.25, 0.3) is 0 Å². The van der Waals surface area contributed by atoms with E-state index in [4.69, 9.17) is 14.9 Å². The molecule has 90 valence electrons. The third kappa shape index (κ3) is 3.48. The summed E-state index contributed by atoms with van der Waals surface area (Å²) in [5.41, 5.74) is 1.72. The lowest BCUT2D eigenvalue weighted by Gasteiger charge is -2.13. The molecule has 0 spiro atoms.